The zero-order chi connectivity index (χ0) is 5.70. The van der Waals surface area contributed by atoms with Crippen LogP contribution in [0.5, 0.6) is 0 Å². The fourth-order valence-electron chi connectivity index (χ4n) is 0.146. The number of hydroxylamine groups is 1. The normalized spacial score (nSPS) is 9.43. The molecule has 0 radical (unpaired) electrons. The van der Waals surface area contributed by atoms with Crippen molar-refractivity contribution in [2.75, 3.05) is 0 Å². The minimum atomic E-state index is -0.748. The van der Waals surface area contributed by atoms with Gasteiger partial charge < -0.3 is 0 Å². The van der Waals surface area contributed by atoms with Crippen molar-refractivity contribution in [3.05, 3.63) is 0 Å². The Bertz CT molecular complexity index is 88.9. The third-order valence-corrected chi connectivity index (χ3v) is 0.342. The van der Waals surface area contributed by atoms with Crippen molar-refractivity contribution in [2.45, 2.75) is 6.92 Å². The van der Waals surface area contributed by atoms with Gasteiger partial charge in [0.05, 0.1) is 0 Å². The average Bonchev–Trinajstić information content (AvgIpc) is 1.68. The molecular formula is C3H6N2O2. The minimum Gasteiger partial charge on any atom is -0.287 e. The molecule has 2 amide bonds. The molecule has 7 heavy (non-hydrogen) atoms. The predicted octanol–water partition coefficient (Wildman–Crippen LogP) is 0.176. The Hall–Kier alpha value is -0.900. The van der Waals surface area contributed by atoms with Crippen LogP contribution < -0.4 is 5.48 Å². The molecule has 4 nitrogen and oxygen atoms in total. The van der Waals surface area contributed by atoms with E-state index in [1.807, 2.05) is 0 Å². The van der Waals surface area contributed by atoms with Gasteiger partial charge in [0.15, 0.2) is 0 Å². The van der Waals surface area contributed by atoms with Crippen LogP contribution in [0.15, 0.2) is 4.99 Å². The highest BCUT2D eigenvalue weighted by Gasteiger charge is 1.84. The lowest BCUT2D eigenvalue weighted by Crippen LogP contribution is -2.13. The van der Waals surface area contributed by atoms with E-state index in [1.54, 1.807) is 6.92 Å². The van der Waals surface area contributed by atoms with Gasteiger partial charge >= 0.3 is 6.03 Å². The Kier molecular flexibility index (Phi) is 2.87. The first-order chi connectivity index (χ1) is 3.31. The van der Waals surface area contributed by atoms with E-state index in [0.717, 1.165) is 0 Å². The summed E-state index contributed by atoms with van der Waals surface area (Å²) in [5.41, 5.74) is 1.33. The lowest BCUT2D eigenvalue weighted by atomic mass is 10.9. The number of rotatable bonds is 0. The fraction of sp³-hybridized carbons (Fsp3) is 0.333. The molecule has 0 bridgehead atoms. The summed E-state index contributed by atoms with van der Waals surface area (Å²) in [5, 5.41) is 7.75. The summed E-state index contributed by atoms with van der Waals surface area (Å²) in [4.78, 5) is 13.0. The Morgan fingerprint density at radius 1 is 2.00 bits per heavy atom. The van der Waals surface area contributed by atoms with Crippen molar-refractivity contribution in [1.82, 2.24) is 5.48 Å². The van der Waals surface area contributed by atoms with Crippen LogP contribution in [-0.4, -0.2) is 17.5 Å². The van der Waals surface area contributed by atoms with Gasteiger partial charge in [-0.1, -0.05) is 0 Å². The number of hydrogen-bond donors (Lipinski definition) is 2. The Balaban J connectivity index is 3.37. The van der Waals surface area contributed by atoms with E-state index in [4.69, 9.17) is 5.21 Å². The summed E-state index contributed by atoms with van der Waals surface area (Å²) in [6.45, 7) is 1.58. The largest absolute Gasteiger partial charge is 0.364 e. The maximum absolute atomic E-state index is 9.85. The molecular weight excluding hydrogens is 96.0 g/mol. The summed E-state index contributed by atoms with van der Waals surface area (Å²) in [6, 6.07) is -0.748. The minimum absolute atomic E-state index is 0.748. The van der Waals surface area contributed by atoms with Gasteiger partial charge in [0, 0.05) is 6.21 Å². The number of nitrogens with one attached hydrogen (secondary N) is 1. The molecule has 0 fully saturated rings. The first kappa shape index (κ1) is 6.10. The highest BCUT2D eigenvalue weighted by molar-refractivity contribution is 5.81. The summed E-state index contributed by atoms with van der Waals surface area (Å²) >= 11 is 0. The molecule has 0 atom stereocenters. The van der Waals surface area contributed by atoms with Crippen LogP contribution in [0.4, 0.5) is 4.79 Å². The summed E-state index contributed by atoms with van der Waals surface area (Å²) in [7, 11) is 0. The van der Waals surface area contributed by atoms with Gasteiger partial charge in [0.1, 0.15) is 0 Å². The zero-order valence-electron chi connectivity index (χ0n) is 3.88. The van der Waals surface area contributed by atoms with Gasteiger partial charge in [-0.05, 0) is 6.92 Å². The highest BCUT2D eigenvalue weighted by atomic mass is 16.5. The Morgan fingerprint density at radius 3 is 2.71 bits per heavy atom. The van der Waals surface area contributed by atoms with E-state index in [1.165, 1.54) is 11.7 Å². The van der Waals surface area contributed by atoms with Gasteiger partial charge in [-0.15, -0.1) is 0 Å². The molecule has 0 spiro atoms. The smallest absolute Gasteiger partial charge is 0.287 e. The lowest BCUT2D eigenvalue weighted by molar-refractivity contribution is 0.169. The molecule has 0 heterocycles. The van der Waals surface area contributed by atoms with Crippen LogP contribution in [0.25, 0.3) is 0 Å². The van der Waals surface area contributed by atoms with E-state index >= 15 is 0 Å². The first-order valence-corrected chi connectivity index (χ1v) is 1.74. The summed E-state index contributed by atoms with van der Waals surface area (Å²) in [6.07, 6.45) is 1.28. The fourth-order valence-corrected chi connectivity index (χ4v) is 0.146. The van der Waals surface area contributed by atoms with Gasteiger partial charge in [0.2, 0.25) is 0 Å². The van der Waals surface area contributed by atoms with Crippen molar-refractivity contribution in [2.24, 2.45) is 4.99 Å². The van der Waals surface area contributed by atoms with E-state index < -0.39 is 6.03 Å². The van der Waals surface area contributed by atoms with Crippen LogP contribution >= 0.6 is 0 Å². The molecule has 0 aromatic rings. The molecule has 0 aromatic carbocycles. The number of hydrogen-bond acceptors (Lipinski definition) is 2. The van der Waals surface area contributed by atoms with Crippen LogP contribution in [0.2, 0.25) is 0 Å². The van der Waals surface area contributed by atoms with Crippen molar-refractivity contribution in [3.63, 3.8) is 0 Å². The maximum Gasteiger partial charge on any atom is 0.364 e. The van der Waals surface area contributed by atoms with Crippen LogP contribution in [0.3, 0.4) is 0 Å². The van der Waals surface area contributed by atoms with Gasteiger partial charge in [-0.3, -0.25) is 5.21 Å². The molecule has 40 valence electrons. The number of urea groups is 1. The second kappa shape index (κ2) is 3.30. The summed E-state index contributed by atoms with van der Waals surface area (Å²) < 4.78 is 0. The number of nitrogens with zero attached hydrogens (tertiary/aromatic N) is 1. The molecule has 0 rings (SSSR count). The van der Waals surface area contributed by atoms with Crippen molar-refractivity contribution < 1.29 is 10.0 Å². The summed E-state index contributed by atoms with van der Waals surface area (Å²) in [5.74, 6) is 0. The predicted molar refractivity (Wildman–Crippen MR) is 24.5 cm³/mol. The molecule has 0 saturated carbocycles. The number of aliphatic imine (C=N–C) groups is 1. The SMILES string of the molecule is CC=NC(=O)NO. The van der Waals surface area contributed by atoms with Gasteiger partial charge in [-0.25, -0.2) is 15.3 Å². The topological polar surface area (TPSA) is 61.7 Å². The first-order valence-electron chi connectivity index (χ1n) is 1.74. The van der Waals surface area contributed by atoms with Crippen LogP contribution in [-0.2, 0) is 0 Å². The average molecular weight is 102 g/mol. The zero-order valence-corrected chi connectivity index (χ0v) is 3.88. The molecule has 0 unspecified atom stereocenters. The van der Waals surface area contributed by atoms with E-state index in [2.05, 4.69) is 4.99 Å². The maximum atomic E-state index is 9.85. The van der Waals surface area contributed by atoms with E-state index in [-0.39, 0.29) is 0 Å². The molecule has 0 aliphatic rings. The standard InChI is InChI=1S/C3H6N2O2/c1-2-4-3(6)5-7/h2,7H,1H3,(H,5,6). The molecule has 2 N–H and O–H groups in total. The van der Waals surface area contributed by atoms with Crippen molar-refractivity contribution in [3.8, 4) is 0 Å². The third kappa shape index (κ3) is 2.92. The molecule has 0 aromatic heterocycles. The van der Waals surface area contributed by atoms with Gasteiger partial charge in [-0.2, -0.15) is 0 Å². The van der Waals surface area contributed by atoms with Crippen LogP contribution in [0, 0.1) is 0 Å². The van der Waals surface area contributed by atoms with Crippen molar-refractivity contribution >= 4 is 12.2 Å². The highest BCUT2D eigenvalue weighted by Crippen LogP contribution is 1.65. The van der Waals surface area contributed by atoms with E-state index in [9.17, 15) is 4.79 Å². The second-order valence-corrected chi connectivity index (χ2v) is 0.804. The quantitative estimate of drug-likeness (QED) is 0.260. The van der Waals surface area contributed by atoms with Gasteiger partial charge in [0.25, 0.3) is 0 Å². The number of amides is 2. The van der Waals surface area contributed by atoms with E-state index in [0.29, 0.717) is 0 Å². The molecule has 0 aliphatic heterocycles. The van der Waals surface area contributed by atoms with Crippen LogP contribution in [0.1, 0.15) is 6.92 Å². The molecule has 4 heteroatoms. The Labute approximate surface area is 40.8 Å². The number of carbonyl (C=O) groups is 1. The second-order valence-electron chi connectivity index (χ2n) is 0.804. The number of carbonyl (C=O) groups excluding carboxylic acids is 1. The lowest BCUT2D eigenvalue weighted by Gasteiger charge is -1.82. The molecule has 0 aliphatic carbocycles. The molecule has 0 saturated heterocycles. The monoisotopic (exact) mass is 102 g/mol. The third-order valence-electron chi connectivity index (χ3n) is 0.342. The Morgan fingerprint density at radius 2 is 2.57 bits per heavy atom. The van der Waals surface area contributed by atoms with Crippen molar-refractivity contribution in [1.29, 1.82) is 0 Å².